The molecule has 37 heavy (non-hydrogen) atoms. The zero-order chi connectivity index (χ0) is 25.9. The van der Waals surface area contributed by atoms with Gasteiger partial charge in [0.2, 0.25) is 0 Å². The third kappa shape index (κ3) is 7.41. The summed E-state index contributed by atoms with van der Waals surface area (Å²) < 4.78 is 13.6. The molecule has 0 aliphatic carbocycles. The molecule has 0 fully saturated rings. The molecular weight excluding hydrogens is 454 g/mol. The molecule has 184 valence electrons. The molecule has 0 bridgehead atoms. The number of halogens is 1. The average molecular weight is 486 g/mol. The van der Waals surface area contributed by atoms with Gasteiger partial charge in [0, 0.05) is 6.42 Å². The summed E-state index contributed by atoms with van der Waals surface area (Å²) in [6.07, 6.45) is 6.60. The molecule has 0 atom stereocenters. The Bertz CT molecular complexity index is 1370. The van der Waals surface area contributed by atoms with Crippen molar-refractivity contribution < 1.29 is 4.39 Å². The number of nitrogens with one attached hydrogen (secondary N) is 1. The molecule has 5 aromatic rings. The highest BCUT2D eigenvalue weighted by Gasteiger charge is 2.06. The van der Waals surface area contributed by atoms with E-state index in [4.69, 9.17) is 0 Å². The van der Waals surface area contributed by atoms with Crippen LogP contribution < -0.4 is 0 Å². The summed E-state index contributed by atoms with van der Waals surface area (Å²) >= 11 is 0. The van der Waals surface area contributed by atoms with Gasteiger partial charge < -0.3 is 4.98 Å². The lowest BCUT2D eigenvalue weighted by atomic mass is 9.93. The Morgan fingerprint density at radius 3 is 1.95 bits per heavy atom. The summed E-state index contributed by atoms with van der Waals surface area (Å²) in [5, 5.41) is 0. The number of rotatable bonds is 7. The van der Waals surface area contributed by atoms with E-state index in [-0.39, 0.29) is 5.82 Å². The van der Waals surface area contributed by atoms with Gasteiger partial charge in [-0.2, -0.15) is 0 Å². The first-order valence-electron chi connectivity index (χ1n) is 12.8. The molecule has 0 unspecified atom stereocenters. The minimum Gasteiger partial charge on any atom is -0.342 e. The van der Waals surface area contributed by atoms with E-state index in [9.17, 15) is 4.39 Å². The Hall–Kier alpha value is -4.18. The molecule has 0 saturated carbocycles. The number of benzene rings is 4. The molecule has 2 nitrogen and oxygen atoms in total. The van der Waals surface area contributed by atoms with Crippen LogP contribution in [0.4, 0.5) is 4.39 Å². The van der Waals surface area contributed by atoms with Gasteiger partial charge in [0.1, 0.15) is 19.5 Å². The Morgan fingerprint density at radius 2 is 1.38 bits per heavy atom. The highest BCUT2D eigenvalue weighted by molar-refractivity contribution is 6.10. The van der Waals surface area contributed by atoms with Crippen LogP contribution in [0.25, 0.3) is 16.8 Å². The van der Waals surface area contributed by atoms with Crippen molar-refractivity contribution in [2.75, 3.05) is 0 Å². The number of aromatic nitrogens is 2. The zero-order valence-electron chi connectivity index (χ0n) is 21.5. The smallest absolute Gasteiger partial charge is 0.123 e. The monoisotopic (exact) mass is 486 g/mol. The van der Waals surface area contributed by atoms with Gasteiger partial charge in [-0.3, -0.25) is 0 Å². The summed E-state index contributed by atoms with van der Waals surface area (Å²) in [6.45, 7) is 2.03. The molecule has 0 spiro atoms. The molecule has 0 amide bonds. The fourth-order valence-corrected chi connectivity index (χ4v) is 4.28. The van der Waals surface area contributed by atoms with E-state index in [1.54, 1.807) is 12.1 Å². The first-order valence-corrected chi connectivity index (χ1v) is 12.8. The van der Waals surface area contributed by atoms with Gasteiger partial charge in [-0.1, -0.05) is 116 Å². The maximum absolute atomic E-state index is 13.6. The lowest BCUT2D eigenvalue weighted by Gasteiger charge is -2.07. The maximum atomic E-state index is 13.6. The summed E-state index contributed by atoms with van der Waals surface area (Å²) in [4.78, 5) is 7.70. The standard InChI is InChI=1S/C18H17FN2.C15H15B/c1-2-13-8-14(10-16(19)9-13)11-18-20-12-17(21-18)15-6-4-3-5-7-15;16-12-11-15(13-7-3-1-4-8-13)14-9-5-2-6-10-14/h3-10,12H,2,11H2,1H3,(H,20,21);1-11H,12,16H2. The highest BCUT2D eigenvalue weighted by atomic mass is 19.1. The van der Waals surface area contributed by atoms with Crippen molar-refractivity contribution in [3.8, 4) is 11.3 Å². The van der Waals surface area contributed by atoms with Crippen LogP contribution in [0.5, 0.6) is 0 Å². The van der Waals surface area contributed by atoms with Crippen molar-refractivity contribution in [3.63, 3.8) is 0 Å². The molecule has 5 rings (SSSR count). The minimum atomic E-state index is -0.181. The van der Waals surface area contributed by atoms with E-state index in [2.05, 4.69) is 84.6 Å². The van der Waals surface area contributed by atoms with E-state index >= 15 is 0 Å². The number of allylic oxidation sites excluding steroid dienone is 1. The molecule has 1 aromatic heterocycles. The van der Waals surface area contributed by atoms with Crippen LogP contribution in [0, 0.1) is 5.82 Å². The minimum absolute atomic E-state index is 0.181. The summed E-state index contributed by atoms with van der Waals surface area (Å²) in [5.74, 6) is 0.667. The number of imidazole rings is 1. The predicted octanol–water partition coefficient (Wildman–Crippen LogP) is 7.54. The van der Waals surface area contributed by atoms with Crippen molar-refractivity contribution in [2.45, 2.75) is 26.1 Å². The third-order valence-electron chi connectivity index (χ3n) is 6.09. The van der Waals surface area contributed by atoms with Crippen molar-refractivity contribution in [1.82, 2.24) is 9.97 Å². The molecule has 1 N–H and O–H groups in total. The Labute approximate surface area is 220 Å². The van der Waals surface area contributed by atoms with Gasteiger partial charge in [0.25, 0.3) is 0 Å². The molecule has 0 radical (unpaired) electrons. The number of H-pyrrole nitrogens is 1. The van der Waals surface area contributed by atoms with Crippen LogP contribution in [-0.2, 0) is 12.8 Å². The number of aryl methyl sites for hydroxylation is 1. The first kappa shape index (κ1) is 25.9. The quantitative estimate of drug-likeness (QED) is 0.237. The molecule has 0 aliphatic heterocycles. The molecule has 4 heteroatoms. The molecular formula is C33H32BFN2. The van der Waals surface area contributed by atoms with E-state index < -0.39 is 0 Å². The number of hydrogen-bond acceptors (Lipinski definition) is 1. The van der Waals surface area contributed by atoms with Crippen molar-refractivity contribution in [3.05, 3.63) is 155 Å². The summed E-state index contributed by atoms with van der Waals surface area (Å²) in [7, 11) is 2.17. The van der Waals surface area contributed by atoms with Crippen molar-refractivity contribution >= 4 is 13.4 Å². The lowest BCUT2D eigenvalue weighted by molar-refractivity contribution is 0.623. The molecule has 1 heterocycles. The predicted molar refractivity (Wildman–Crippen MR) is 156 cm³/mol. The molecule has 0 aliphatic rings. The highest BCUT2D eigenvalue weighted by Crippen LogP contribution is 2.23. The topological polar surface area (TPSA) is 28.7 Å². The van der Waals surface area contributed by atoms with Gasteiger partial charge in [-0.25, -0.2) is 9.37 Å². The van der Waals surface area contributed by atoms with Crippen LogP contribution in [0.15, 0.2) is 121 Å². The fourth-order valence-electron chi connectivity index (χ4n) is 4.28. The normalized spacial score (nSPS) is 10.3. The van der Waals surface area contributed by atoms with Crippen LogP contribution in [0.2, 0.25) is 6.32 Å². The lowest BCUT2D eigenvalue weighted by Crippen LogP contribution is -1.94. The number of hydrogen-bond donors (Lipinski definition) is 1. The SMILES string of the molecule is BCC=C(c1ccccc1)c1ccccc1.CCc1cc(F)cc(Cc2ncc(-c3ccccc3)[nH]2)c1. The van der Waals surface area contributed by atoms with Crippen LogP contribution in [0.1, 0.15) is 35.0 Å². The number of nitrogens with zero attached hydrogens (tertiary/aromatic N) is 1. The van der Waals surface area contributed by atoms with E-state index in [1.807, 2.05) is 49.5 Å². The van der Waals surface area contributed by atoms with Gasteiger partial charge in [-0.05, 0) is 51.9 Å². The van der Waals surface area contributed by atoms with Crippen molar-refractivity contribution in [2.24, 2.45) is 0 Å². The first-order chi connectivity index (χ1) is 18.2. The Morgan fingerprint density at radius 1 is 0.811 bits per heavy atom. The number of aromatic amines is 1. The van der Waals surface area contributed by atoms with E-state index in [0.29, 0.717) is 6.42 Å². The van der Waals surface area contributed by atoms with Crippen LogP contribution in [0.3, 0.4) is 0 Å². The average Bonchev–Trinajstić information content (AvgIpc) is 3.41. The maximum Gasteiger partial charge on any atom is 0.123 e. The second kappa shape index (κ2) is 13.2. The zero-order valence-corrected chi connectivity index (χ0v) is 21.5. The van der Waals surface area contributed by atoms with Crippen LogP contribution >= 0.6 is 0 Å². The molecule has 4 aromatic carbocycles. The third-order valence-corrected chi connectivity index (χ3v) is 6.09. The Kier molecular flexibility index (Phi) is 9.26. The summed E-state index contributed by atoms with van der Waals surface area (Å²) in [5.41, 5.74) is 7.94. The van der Waals surface area contributed by atoms with Crippen LogP contribution in [-0.4, -0.2) is 17.8 Å². The summed E-state index contributed by atoms with van der Waals surface area (Å²) in [6, 6.07) is 36.3. The fraction of sp³-hybridized carbons (Fsp3) is 0.121. The van der Waals surface area contributed by atoms with Gasteiger partial charge >= 0.3 is 0 Å². The van der Waals surface area contributed by atoms with Crippen molar-refractivity contribution in [1.29, 1.82) is 0 Å². The van der Waals surface area contributed by atoms with Gasteiger partial charge in [0.05, 0.1) is 11.9 Å². The van der Waals surface area contributed by atoms with Gasteiger partial charge in [-0.15, -0.1) is 0 Å². The second-order valence-electron chi connectivity index (χ2n) is 8.87. The Balaban J connectivity index is 0.000000180. The second-order valence-corrected chi connectivity index (χ2v) is 8.87. The van der Waals surface area contributed by atoms with Gasteiger partial charge in [0.15, 0.2) is 0 Å². The van der Waals surface area contributed by atoms with E-state index in [0.717, 1.165) is 40.9 Å². The largest absolute Gasteiger partial charge is 0.342 e. The van der Waals surface area contributed by atoms with E-state index in [1.165, 1.54) is 16.7 Å². The molecule has 0 saturated heterocycles.